The summed E-state index contributed by atoms with van der Waals surface area (Å²) in [6.45, 7) is 2.97. The molecule has 2 heterocycles. The Morgan fingerprint density at radius 1 is 1.07 bits per heavy atom. The molecule has 2 aromatic rings. The van der Waals surface area contributed by atoms with E-state index in [-0.39, 0.29) is 23.8 Å². The molecule has 0 bridgehead atoms. The van der Waals surface area contributed by atoms with Crippen LogP contribution in [0.5, 0.6) is 0 Å². The van der Waals surface area contributed by atoms with Gasteiger partial charge in [-0.1, -0.05) is 25.3 Å². The second-order valence-corrected chi connectivity index (χ2v) is 7.19. The number of anilines is 1. The second kappa shape index (κ2) is 9.91. The standard InChI is InChI=1S/C22H26N2O5/c1-16-9-10-17(14-18(16)23-21(26)19-8-7-13-28-19)22(27)29-15-20(25)24-11-5-3-2-4-6-12-24/h7-10,13-14H,2-6,11-12,15H2,1H3,(H,23,26). The first-order valence-corrected chi connectivity index (χ1v) is 9.95. The summed E-state index contributed by atoms with van der Waals surface area (Å²) < 4.78 is 10.3. The molecule has 1 fully saturated rings. The fourth-order valence-electron chi connectivity index (χ4n) is 3.27. The molecule has 0 saturated carbocycles. The van der Waals surface area contributed by atoms with Crippen LogP contribution in [0.15, 0.2) is 41.0 Å². The lowest BCUT2D eigenvalue weighted by molar-refractivity contribution is -0.134. The van der Waals surface area contributed by atoms with Crippen molar-refractivity contribution in [3.05, 3.63) is 53.5 Å². The van der Waals surface area contributed by atoms with E-state index in [2.05, 4.69) is 5.32 Å². The molecule has 7 heteroatoms. The minimum atomic E-state index is -0.598. The van der Waals surface area contributed by atoms with Crippen LogP contribution in [0.2, 0.25) is 0 Å². The molecule has 1 aliphatic rings. The highest BCUT2D eigenvalue weighted by Crippen LogP contribution is 2.19. The third kappa shape index (κ3) is 5.70. The van der Waals surface area contributed by atoms with Crippen LogP contribution in [0.1, 0.15) is 58.6 Å². The molecule has 3 rings (SSSR count). The fraction of sp³-hybridized carbons (Fsp3) is 0.409. The number of aryl methyl sites for hydroxylation is 1. The van der Waals surface area contributed by atoms with Crippen LogP contribution in [-0.4, -0.2) is 42.4 Å². The maximum atomic E-state index is 12.4. The molecule has 0 unspecified atom stereocenters. The highest BCUT2D eigenvalue weighted by molar-refractivity contribution is 6.03. The molecular formula is C22H26N2O5. The number of rotatable bonds is 5. The number of hydrogen-bond donors (Lipinski definition) is 1. The predicted octanol–water partition coefficient (Wildman–Crippen LogP) is 3.79. The molecule has 1 saturated heterocycles. The van der Waals surface area contributed by atoms with Crippen LogP contribution < -0.4 is 5.32 Å². The first kappa shape index (κ1) is 20.6. The summed E-state index contributed by atoms with van der Waals surface area (Å²) in [5, 5.41) is 2.72. The van der Waals surface area contributed by atoms with E-state index in [1.165, 1.54) is 12.7 Å². The highest BCUT2D eigenvalue weighted by atomic mass is 16.5. The van der Waals surface area contributed by atoms with Crippen LogP contribution in [0.4, 0.5) is 5.69 Å². The second-order valence-electron chi connectivity index (χ2n) is 7.19. The highest BCUT2D eigenvalue weighted by Gasteiger charge is 2.18. The number of amides is 2. The van der Waals surface area contributed by atoms with Crippen molar-refractivity contribution in [3.63, 3.8) is 0 Å². The number of likely N-dealkylation sites (tertiary alicyclic amines) is 1. The largest absolute Gasteiger partial charge is 0.459 e. The summed E-state index contributed by atoms with van der Waals surface area (Å²) in [6, 6.07) is 8.05. The lowest BCUT2D eigenvalue weighted by Crippen LogP contribution is -2.36. The van der Waals surface area contributed by atoms with E-state index in [1.54, 1.807) is 35.2 Å². The predicted molar refractivity (Wildman–Crippen MR) is 108 cm³/mol. The van der Waals surface area contributed by atoms with Gasteiger partial charge in [-0.2, -0.15) is 0 Å². The number of carbonyl (C=O) groups is 3. The maximum Gasteiger partial charge on any atom is 0.338 e. The topological polar surface area (TPSA) is 88.9 Å². The van der Waals surface area contributed by atoms with Crippen molar-refractivity contribution in [3.8, 4) is 0 Å². The van der Waals surface area contributed by atoms with Gasteiger partial charge in [0, 0.05) is 18.8 Å². The zero-order chi connectivity index (χ0) is 20.6. The van der Waals surface area contributed by atoms with E-state index in [4.69, 9.17) is 9.15 Å². The molecule has 0 atom stereocenters. The zero-order valence-corrected chi connectivity index (χ0v) is 16.6. The number of nitrogens with zero attached hydrogens (tertiary/aromatic N) is 1. The molecule has 29 heavy (non-hydrogen) atoms. The number of esters is 1. The van der Waals surface area contributed by atoms with Gasteiger partial charge in [-0.05, 0) is 49.6 Å². The third-order valence-electron chi connectivity index (χ3n) is 5.00. The summed E-state index contributed by atoms with van der Waals surface area (Å²) in [6.07, 6.45) is 6.84. The van der Waals surface area contributed by atoms with Crippen molar-refractivity contribution in [2.24, 2.45) is 0 Å². The van der Waals surface area contributed by atoms with E-state index in [1.807, 2.05) is 6.92 Å². The molecule has 1 aromatic heterocycles. The molecule has 1 aliphatic heterocycles. The zero-order valence-electron chi connectivity index (χ0n) is 16.6. The van der Waals surface area contributed by atoms with Crippen LogP contribution >= 0.6 is 0 Å². The maximum absolute atomic E-state index is 12.4. The number of carbonyl (C=O) groups excluding carboxylic acids is 3. The Morgan fingerprint density at radius 3 is 2.48 bits per heavy atom. The minimum absolute atomic E-state index is 0.168. The first-order chi connectivity index (χ1) is 14.0. The lowest BCUT2D eigenvalue weighted by Gasteiger charge is -2.24. The third-order valence-corrected chi connectivity index (χ3v) is 5.00. The van der Waals surface area contributed by atoms with Crippen molar-refractivity contribution >= 4 is 23.5 Å². The van der Waals surface area contributed by atoms with E-state index < -0.39 is 11.9 Å². The Labute approximate surface area is 170 Å². The molecule has 1 N–H and O–H groups in total. The Hall–Kier alpha value is -3.09. The Morgan fingerprint density at radius 2 is 1.79 bits per heavy atom. The van der Waals surface area contributed by atoms with Gasteiger partial charge >= 0.3 is 5.97 Å². The Bertz CT molecular complexity index is 852. The van der Waals surface area contributed by atoms with Crippen molar-refractivity contribution in [1.29, 1.82) is 0 Å². The first-order valence-electron chi connectivity index (χ1n) is 9.95. The normalized spacial score (nSPS) is 14.6. The van der Waals surface area contributed by atoms with E-state index in [0.717, 1.165) is 31.2 Å². The number of ether oxygens (including phenoxy) is 1. The molecule has 0 spiro atoms. The van der Waals surface area contributed by atoms with E-state index >= 15 is 0 Å². The summed E-state index contributed by atoms with van der Waals surface area (Å²) in [5.74, 6) is -0.996. The minimum Gasteiger partial charge on any atom is -0.459 e. The smallest absolute Gasteiger partial charge is 0.338 e. The number of hydrogen-bond acceptors (Lipinski definition) is 5. The van der Waals surface area contributed by atoms with Crippen molar-refractivity contribution in [2.45, 2.75) is 39.0 Å². The molecule has 7 nitrogen and oxygen atoms in total. The lowest BCUT2D eigenvalue weighted by atomic mass is 10.1. The summed E-state index contributed by atoms with van der Waals surface area (Å²) >= 11 is 0. The van der Waals surface area contributed by atoms with E-state index in [0.29, 0.717) is 18.8 Å². The van der Waals surface area contributed by atoms with Gasteiger partial charge in [0.15, 0.2) is 12.4 Å². The van der Waals surface area contributed by atoms with Gasteiger partial charge in [0.05, 0.1) is 11.8 Å². The van der Waals surface area contributed by atoms with Crippen molar-refractivity contribution in [1.82, 2.24) is 4.90 Å². The van der Waals surface area contributed by atoms with E-state index in [9.17, 15) is 14.4 Å². The molecule has 0 aliphatic carbocycles. The van der Waals surface area contributed by atoms with Gasteiger partial charge in [-0.15, -0.1) is 0 Å². The summed E-state index contributed by atoms with van der Waals surface area (Å²) in [7, 11) is 0. The summed E-state index contributed by atoms with van der Waals surface area (Å²) in [4.78, 5) is 38.7. The van der Waals surface area contributed by atoms with Crippen LogP contribution in [0.3, 0.4) is 0 Å². The van der Waals surface area contributed by atoms with Crippen LogP contribution in [-0.2, 0) is 9.53 Å². The number of nitrogens with one attached hydrogen (secondary N) is 1. The van der Waals surface area contributed by atoms with Gasteiger partial charge in [-0.3, -0.25) is 9.59 Å². The monoisotopic (exact) mass is 398 g/mol. The quantitative estimate of drug-likeness (QED) is 0.774. The van der Waals surface area contributed by atoms with Crippen molar-refractivity contribution < 1.29 is 23.5 Å². The molecule has 2 amide bonds. The van der Waals surface area contributed by atoms with Gasteiger partial charge in [0.25, 0.3) is 11.8 Å². The van der Waals surface area contributed by atoms with Gasteiger partial charge < -0.3 is 19.4 Å². The van der Waals surface area contributed by atoms with Crippen LogP contribution in [0, 0.1) is 6.92 Å². The number of furan rings is 1. The average Bonchev–Trinajstić information content (AvgIpc) is 3.22. The van der Waals surface area contributed by atoms with Gasteiger partial charge in [0.2, 0.25) is 0 Å². The number of benzene rings is 1. The SMILES string of the molecule is Cc1ccc(C(=O)OCC(=O)N2CCCCCCC2)cc1NC(=O)c1ccco1. The Kier molecular flexibility index (Phi) is 7.05. The van der Waals surface area contributed by atoms with Crippen LogP contribution in [0.25, 0.3) is 0 Å². The average molecular weight is 398 g/mol. The molecule has 154 valence electrons. The Balaban J connectivity index is 1.58. The van der Waals surface area contributed by atoms with Gasteiger partial charge in [0.1, 0.15) is 0 Å². The molecular weight excluding hydrogens is 372 g/mol. The molecule has 1 aromatic carbocycles. The summed E-state index contributed by atoms with van der Waals surface area (Å²) in [5.41, 5.74) is 1.54. The fourth-order valence-corrected chi connectivity index (χ4v) is 3.27. The van der Waals surface area contributed by atoms with Gasteiger partial charge in [-0.25, -0.2) is 4.79 Å². The molecule has 0 radical (unpaired) electrons. The van der Waals surface area contributed by atoms with Crippen molar-refractivity contribution in [2.75, 3.05) is 25.0 Å².